The van der Waals surface area contributed by atoms with E-state index in [2.05, 4.69) is 24.5 Å². The first-order valence-corrected chi connectivity index (χ1v) is 23.3. The molecule has 2 aromatic heterocycles. The zero-order valence-corrected chi connectivity index (χ0v) is 39.1. The van der Waals surface area contributed by atoms with E-state index in [1.165, 1.54) is 60.5 Å². The van der Waals surface area contributed by atoms with Gasteiger partial charge >= 0.3 is 0 Å². The zero-order chi connectivity index (χ0) is 43.9. The van der Waals surface area contributed by atoms with Crippen molar-refractivity contribution in [2.45, 2.75) is 98.2 Å². The van der Waals surface area contributed by atoms with Gasteiger partial charge in [-0.3, -0.25) is 20.2 Å². The number of nitrogens with zero attached hydrogens (tertiary/aromatic N) is 2. The van der Waals surface area contributed by atoms with Crippen molar-refractivity contribution in [3.05, 3.63) is 97.2 Å². The van der Waals surface area contributed by atoms with E-state index in [1.54, 1.807) is 27.2 Å². The van der Waals surface area contributed by atoms with Crippen molar-refractivity contribution in [1.29, 1.82) is 0 Å². The van der Waals surface area contributed by atoms with Gasteiger partial charge in [0.1, 0.15) is 11.5 Å². The molecule has 0 aliphatic heterocycles. The van der Waals surface area contributed by atoms with Crippen LogP contribution in [0.3, 0.4) is 0 Å². The minimum atomic E-state index is -0.438. The van der Waals surface area contributed by atoms with Crippen molar-refractivity contribution in [2.75, 3.05) is 38.1 Å². The van der Waals surface area contributed by atoms with Crippen LogP contribution < -0.4 is 20.1 Å². The topological polar surface area (TPSA) is 121 Å². The predicted molar refractivity (Wildman–Crippen MR) is 252 cm³/mol. The quantitative estimate of drug-likeness (QED) is 0.0491. The highest BCUT2D eigenvalue weighted by Gasteiger charge is 2.22. The molecule has 61 heavy (non-hydrogen) atoms. The van der Waals surface area contributed by atoms with Crippen molar-refractivity contribution >= 4 is 74.0 Å². The van der Waals surface area contributed by atoms with Crippen LogP contribution in [0.1, 0.15) is 125 Å². The number of thiazole rings is 2. The van der Waals surface area contributed by atoms with E-state index in [9.17, 15) is 9.59 Å². The molecule has 326 valence electrons. The molecule has 2 heterocycles. The summed E-state index contributed by atoms with van der Waals surface area (Å²) in [6.45, 7) is 11.4. The number of hydrogen-bond donors (Lipinski definition) is 2. The van der Waals surface area contributed by atoms with Crippen LogP contribution in [0.25, 0.3) is 28.6 Å². The summed E-state index contributed by atoms with van der Waals surface area (Å²) in [5, 5.41) is 10.7. The Hall–Kier alpha value is -4.30. The van der Waals surface area contributed by atoms with Crippen LogP contribution in [0, 0.1) is 0 Å². The normalized spacial score (nSPS) is 12.6. The third-order valence-electron chi connectivity index (χ3n) is 10.2. The van der Waals surface area contributed by atoms with E-state index in [0.29, 0.717) is 57.5 Å². The van der Waals surface area contributed by atoms with E-state index < -0.39 is 5.91 Å². The van der Waals surface area contributed by atoms with Gasteiger partial charge in [-0.25, -0.2) is 9.97 Å². The molecular weight excluding hydrogens is 852 g/mol. The molecule has 0 bridgehead atoms. The number of ether oxygens (including phenoxy) is 4. The molecular formula is C47H56Cl2N4O6S2. The molecule has 0 unspecified atom stereocenters. The molecule has 3 aromatic carbocycles. The van der Waals surface area contributed by atoms with Gasteiger partial charge in [0.15, 0.2) is 10.3 Å². The maximum Gasteiger partial charge on any atom is 0.257 e. The van der Waals surface area contributed by atoms with E-state index in [4.69, 9.17) is 52.1 Å². The molecule has 0 aliphatic rings. The molecule has 2 atom stereocenters. The Morgan fingerprint density at radius 3 is 1.66 bits per heavy atom. The van der Waals surface area contributed by atoms with Gasteiger partial charge in [-0.2, -0.15) is 0 Å². The van der Waals surface area contributed by atoms with E-state index in [-0.39, 0.29) is 33.7 Å². The predicted octanol–water partition coefficient (Wildman–Crippen LogP) is 13.9. The Kier molecular flexibility index (Phi) is 18.6. The first kappa shape index (κ1) is 47.7. The summed E-state index contributed by atoms with van der Waals surface area (Å²) in [4.78, 5) is 36.1. The first-order chi connectivity index (χ1) is 29.5. The zero-order valence-electron chi connectivity index (χ0n) is 36.0. The second-order valence-corrected chi connectivity index (χ2v) is 17.2. The Morgan fingerprint density at radius 1 is 0.721 bits per heavy atom. The molecule has 5 rings (SSSR count). The number of anilines is 2. The fourth-order valence-corrected chi connectivity index (χ4v) is 8.78. The van der Waals surface area contributed by atoms with Crippen LogP contribution in [0.15, 0.2) is 64.9 Å². The number of para-hydroxylation sites is 2. The van der Waals surface area contributed by atoms with Gasteiger partial charge in [0.25, 0.3) is 11.8 Å². The summed E-state index contributed by atoms with van der Waals surface area (Å²) in [6, 6.07) is 14.8. The average Bonchev–Trinajstić information content (AvgIpc) is 3.93. The van der Waals surface area contributed by atoms with Gasteiger partial charge in [0, 0.05) is 62.9 Å². The Morgan fingerprint density at radius 2 is 1.20 bits per heavy atom. The van der Waals surface area contributed by atoms with Crippen LogP contribution in [-0.4, -0.2) is 49.2 Å². The van der Waals surface area contributed by atoms with E-state index in [1.807, 2.05) is 61.0 Å². The van der Waals surface area contributed by atoms with Gasteiger partial charge in [0.2, 0.25) is 0 Å². The standard InChI is InChI=1S/C47H56Cl2N4O6S2/c1-8-10-12-14-22-58-30(4)33-18-16-20-35(42(33)56-6)40-27-60-46(50-40)52-44(54)29(3)24-37-38(48)25-32(26-39(37)49)45(55)53-47-51-41(28-61-47)36-21-17-19-34(43(36)57-7)31(5)59-23-15-13-11-9-2/h16-21,24-28,30-31H,8-15,22-23H2,1-7H3,(H,50,52,54)(H,51,53,55)/b29-24+/t30-,31-/m0/s1. The van der Waals surface area contributed by atoms with Gasteiger partial charge in [0.05, 0.1) is 47.9 Å². The molecule has 10 nitrogen and oxygen atoms in total. The summed E-state index contributed by atoms with van der Waals surface area (Å²) in [6.07, 6.45) is 10.3. The molecule has 2 amide bonds. The Bertz CT molecular complexity index is 2250. The summed E-state index contributed by atoms with van der Waals surface area (Å²) >= 11 is 15.9. The number of aromatic nitrogens is 2. The number of amides is 2. The molecule has 0 spiro atoms. The highest BCUT2D eigenvalue weighted by Crippen LogP contribution is 2.40. The Labute approximate surface area is 378 Å². The first-order valence-electron chi connectivity index (χ1n) is 20.8. The van der Waals surface area contributed by atoms with E-state index in [0.717, 1.165) is 47.9 Å². The number of carbonyl (C=O) groups is 2. The third kappa shape index (κ3) is 12.9. The maximum absolute atomic E-state index is 13.4. The lowest BCUT2D eigenvalue weighted by Crippen LogP contribution is -2.13. The molecule has 2 N–H and O–H groups in total. The monoisotopic (exact) mass is 906 g/mol. The van der Waals surface area contributed by atoms with E-state index >= 15 is 0 Å². The molecule has 0 fully saturated rings. The number of methoxy groups -OCH3 is 2. The minimum Gasteiger partial charge on any atom is -0.496 e. The van der Waals surface area contributed by atoms with Crippen molar-refractivity contribution in [3.8, 4) is 34.0 Å². The fourth-order valence-electron chi connectivity index (χ4n) is 6.78. The Balaban J connectivity index is 1.22. The van der Waals surface area contributed by atoms with Gasteiger partial charge in [-0.1, -0.05) is 99.8 Å². The second kappa shape index (κ2) is 23.8. The molecule has 14 heteroatoms. The van der Waals surface area contributed by atoms with Crippen molar-refractivity contribution in [3.63, 3.8) is 0 Å². The minimum absolute atomic E-state index is 0.158. The lowest BCUT2D eigenvalue weighted by Gasteiger charge is -2.18. The number of carbonyl (C=O) groups excluding carboxylic acids is 2. The largest absolute Gasteiger partial charge is 0.496 e. The smallest absolute Gasteiger partial charge is 0.257 e. The number of unbranched alkanes of at least 4 members (excludes halogenated alkanes) is 6. The summed E-state index contributed by atoms with van der Waals surface area (Å²) < 4.78 is 24.0. The fraction of sp³-hybridized carbons (Fsp3) is 0.404. The van der Waals surface area contributed by atoms with Crippen molar-refractivity contribution in [1.82, 2.24) is 9.97 Å². The lowest BCUT2D eigenvalue weighted by molar-refractivity contribution is -0.112. The summed E-state index contributed by atoms with van der Waals surface area (Å²) in [5.41, 5.74) is 5.77. The van der Waals surface area contributed by atoms with Crippen LogP contribution in [-0.2, 0) is 14.3 Å². The van der Waals surface area contributed by atoms with Gasteiger partial charge in [-0.15, -0.1) is 22.7 Å². The number of rotatable bonds is 23. The molecule has 0 saturated heterocycles. The van der Waals surface area contributed by atoms with Crippen LogP contribution in [0.2, 0.25) is 10.0 Å². The lowest BCUT2D eigenvalue weighted by atomic mass is 10.0. The van der Waals surface area contributed by atoms with Crippen LogP contribution >= 0.6 is 45.9 Å². The number of halogens is 2. The molecule has 0 aliphatic carbocycles. The van der Waals surface area contributed by atoms with Crippen molar-refractivity contribution < 1.29 is 28.5 Å². The summed E-state index contributed by atoms with van der Waals surface area (Å²) in [7, 11) is 3.27. The number of benzene rings is 3. The molecule has 0 radical (unpaired) electrons. The molecule has 0 saturated carbocycles. The number of nitrogens with one attached hydrogen (secondary N) is 2. The highest BCUT2D eigenvalue weighted by atomic mass is 35.5. The van der Waals surface area contributed by atoms with Crippen LogP contribution in [0.4, 0.5) is 10.3 Å². The average molecular weight is 908 g/mol. The van der Waals surface area contributed by atoms with Crippen LogP contribution in [0.5, 0.6) is 11.5 Å². The third-order valence-corrected chi connectivity index (χ3v) is 12.3. The highest BCUT2D eigenvalue weighted by molar-refractivity contribution is 7.14. The molecule has 5 aromatic rings. The van der Waals surface area contributed by atoms with Crippen molar-refractivity contribution in [2.24, 2.45) is 0 Å². The summed E-state index contributed by atoms with van der Waals surface area (Å²) in [5.74, 6) is 0.546. The second-order valence-electron chi connectivity index (χ2n) is 14.7. The van der Waals surface area contributed by atoms with Gasteiger partial charge in [-0.05, 0) is 64.0 Å². The number of hydrogen-bond acceptors (Lipinski definition) is 10. The van der Waals surface area contributed by atoms with Gasteiger partial charge < -0.3 is 18.9 Å². The maximum atomic E-state index is 13.4. The SMILES string of the molecule is CCCCCCO[C@@H](C)c1cccc(-c2csc(NC(=O)/C(C)=C/c3c(Cl)cc(C(=O)Nc4nc(-c5cccc([C@H](C)OCCCCCC)c5OC)cs4)cc3Cl)n2)c1OC.